The van der Waals surface area contributed by atoms with Gasteiger partial charge in [-0.3, -0.25) is 0 Å². The molecule has 5 heteroatoms. The molecule has 0 radical (unpaired) electrons. The molecular formula is C10H13ClO3S. The van der Waals surface area contributed by atoms with E-state index in [9.17, 15) is 8.42 Å². The molecule has 1 rings (SSSR count). The van der Waals surface area contributed by atoms with Crippen LogP contribution in [-0.2, 0) is 15.5 Å². The molecule has 0 aliphatic rings. The lowest BCUT2D eigenvalue weighted by atomic mass is 10.1. The quantitative estimate of drug-likeness (QED) is 0.767. The van der Waals surface area contributed by atoms with Gasteiger partial charge in [0.05, 0.1) is 12.9 Å². The van der Waals surface area contributed by atoms with Crippen LogP contribution >= 0.6 is 10.7 Å². The van der Waals surface area contributed by atoms with Gasteiger partial charge in [-0.2, -0.15) is 0 Å². The first-order valence-electron chi connectivity index (χ1n) is 4.49. The highest BCUT2D eigenvalue weighted by Crippen LogP contribution is 2.22. The minimum Gasteiger partial charge on any atom is -0.496 e. The standard InChI is InChI=1S/C10H13ClO3S/c1-8-4-3-5-10(14-2)9(8)6-7-15(11,12)13/h3-5H,6-7H2,1-2H3. The molecule has 3 nitrogen and oxygen atoms in total. The summed E-state index contributed by atoms with van der Waals surface area (Å²) in [7, 11) is 3.28. The number of methoxy groups -OCH3 is 1. The summed E-state index contributed by atoms with van der Waals surface area (Å²) in [6.07, 6.45) is 0.377. The molecule has 0 aromatic heterocycles. The van der Waals surface area contributed by atoms with E-state index in [4.69, 9.17) is 15.4 Å². The third-order valence-corrected chi connectivity index (χ3v) is 3.34. The Morgan fingerprint density at radius 2 is 2.07 bits per heavy atom. The third-order valence-electron chi connectivity index (χ3n) is 2.18. The van der Waals surface area contributed by atoms with Crippen LogP contribution in [0.15, 0.2) is 18.2 Å². The summed E-state index contributed by atoms with van der Waals surface area (Å²) >= 11 is 0. The van der Waals surface area contributed by atoms with Crippen molar-refractivity contribution in [2.45, 2.75) is 13.3 Å². The van der Waals surface area contributed by atoms with Crippen LogP contribution in [0.1, 0.15) is 11.1 Å². The summed E-state index contributed by atoms with van der Waals surface area (Å²) in [5, 5.41) is 0. The van der Waals surface area contributed by atoms with Crippen LogP contribution < -0.4 is 4.74 Å². The Morgan fingerprint density at radius 1 is 1.40 bits per heavy atom. The van der Waals surface area contributed by atoms with Gasteiger partial charge in [0.25, 0.3) is 0 Å². The second-order valence-electron chi connectivity index (χ2n) is 3.25. The van der Waals surface area contributed by atoms with Crippen LogP contribution in [0.25, 0.3) is 0 Å². The van der Waals surface area contributed by atoms with Gasteiger partial charge in [0.2, 0.25) is 9.05 Å². The van der Waals surface area contributed by atoms with E-state index in [1.807, 2.05) is 25.1 Å². The van der Waals surface area contributed by atoms with Gasteiger partial charge in [-0.15, -0.1) is 0 Å². The lowest BCUT2D eigenvalue weighted by Crippen LogP contribution is -2.04. The molecular weight excluding hydrogens is 236 g/mol. The highest BCUT2D eigenvalue weighted by Gasteiger charge is 2.10. The topological polar surface area (TPSA) is 43.4 Å². The van der Waals surface area contributed by atoms with Crippen LogP contribution in [-0.4, -0.2) is 21.3 Å². The summed E-state index contributed by atoms with van der Waals surface area (Å²) in [6, 6.07) is 5.59. The summed E-state index contributed by atoms with van der Waals surface area (Å²) in [6.45, 7) is 1.92. The molecule has 0 amide bonds. The fraction of sp³-hybridized carbons (Fsp3) is 0.400. The lowest BCUT2D eigenvalue weighted by molar-refractivity contribution is 0.409. The number of halogens is 1. The minimum atomic E-state index is -3.45. The Labute approximate surface area is 94.4 Å². The number of aryl methyl sites for hydroxylation is 1. The third kappa shape index (κ3) is 3.72. The maximum Gasteiger partial charge on any atom is 0.232 e. The lowest BCUT2D eigenvalue weighted by Gasteiger charge is -2.10. The van der Waals surface area contributed by atoms with E-state index >= 15 is 0 Å². The van der Waals surface area contributed by atoms with Crippen LogP contribution in [0.3, 0.4) is 0 Å². The smallest absolute Gasteiger partial charge is 0.232 e. The van der Waals surface area contributed by atoms with E-state index in [0.29, 0.717) is 12.2 Å². The number of ether oxygens (including phenoxy) is 1. The summed E-state index contributed by atoms with van der Waals surface area (Å²) in [5.74, 6) is 0.630. The monoisotopic (exact) mass is 248 g/mol. The van der Waals surface area contributed by atoms with Crippen molar-refractivity contribution in [1.29, 1.82) is 0 Å². The zero-order valence-electron chi connectivity index (χ0n) is 8.66. The van der Waals surface area contributed by atoms with Gasteiger partial charge in [0, 0.05) is 10.7 Å². The van der Waals surface area contributed by atoms with E-state index in [-0.39, 0.29) is 5.75 Å². The highest BCUT2D eigenvalue weighted by atomic mass is 35.7. The first kappa shape index (κ1) is 12.3. The van der Waals surface area contributed by atoms with E-state index in [2.05, 4.69) is 0 Å². The summed E-state index contributed by atoms with van der Waals surface area (Å²) in [4.78, 5) is 0. The van der Waals surface area contributed by atoms with Gasteiger partial charge in [-0.25, -0.2) is 8.42 Å². The Morgan fingerprint density at radius 3 is 2.60 bits per heavy atom. The molecule has 84 valence electrons. The number of hydrogen-bond acceptors (Lipinski definition) is 3. The molecule has 1 aromatic carbocycles. The van der Waals surface area contributed by atoms with Crippen LogP contribution in [0.4, 0.5) is 0 Å². The van der Waals surface area contributed by atoms with Gasteiger partial charge in [0.15, 0.2) is 0 Å². The highest BCUT2D eigenvalue weighted by molar-refractivity contribution is 8.13. The molecule has 1 aromatic rings. The molecule has 0 aliphatic heterocycles. The van der Waals surface area contributed by atoms with Crippen LogP contribution in [0, 0.1) is 6.92 Å². The SMILES string of the molecule is COc1cccc(C)c1CCS(=O)(=O)Cl. The molecule has 0 atom stereocenters. The zero-order valence-corrected chi connectivity index (χ0v) is 10.2. The second kappa shape index (κ2) is 4.86. The van der Waals surface area contributed by atoms with Crippen molar-refractivity contribution in [2.24, 2.45) is 0 Å². The Balaban J connectivity index is 2.93. The van der Waals surface area contributed by atoms with Crippen molar-refractivity contribution in [3.05, 3.63) is 29.3 Å². The molecule has 0 saturated carbocycles. The van der Waals surface area contributed by atoms with E-state index in [1.54, 1.807) is 7.11 Å². The zero-order chi connectivity index (χ0) is 11.5. The molecule has 0 heterocycles. The molecule has 0 saturated heterocycles. The average molecular weight is 249 g/mol. The van der Waals surface area contributed by atoms with E-state index in [0.717, 1.165) is 11.1 Å². The number of rotatable bonds is 4. The van der Waals surface area contributed by atoms with Gasteiger partial charge >= 0.3 is 0 Å². The first-order chi connectivity index (χ1) is 6.94. The minimum absolute atomic E-state index is 0.0736. The van der Waals surface area contributed by atoms with Crippen LogP contribution in [0.5, 0.6) is 5.75 Å². The predicted octanol–water partition coefficient (Wildman–Crippen LogP) is 2.11. The van der Waals surface area contributed by atoms with Crippen molar-refractivity contribution >= 4 is 19.7 Å². The van der Waals surface area contributed by atoms with Crippen molar-refractivity contribution < 1.29 is 13.2 Å². The molecule has 0 aliphatic carbocycles. The molecule has 0 fully saturated rings. The Kier molecular flexibility index (Phi) is 3.99. The number of benzene rings is 1. The van der Waals surface area contributed by atoms with Crippen molar-refractivity contribution in [3.63, 3.8) is 0 Å². The van der Waals surface area contributed by atoms with Gasteiger partial charge < -0.3 is 4.74 Å². The van der Waals surface area contributed by atoms with E-state index < -0.39 is 9.05 Å². The van der Waals surface area contributed by atoms with Crippen molar-refractivity contribution in [3.8, 4) is 5.75 Å². The first-order valence-corrected chi connectivity index (χ1v) is 6.96. The maximum atomic E-state index is 10.8. The Bertz CT molecular complexity index is 440. The normalized spacial score (nSPS) is 11.4. The van der Waals surface area contributed by atoms with E-state index in [1.165, 1.54) is 0 Å². The second-order valence-corrected chi connectivity index (χ2v) is 6.15. The fourth-order valence-corrected chi connectivity index (χ4v) is 2.09. The number of hydrogen-bond donors (Lipinski definition) is 0. The van der Waals surface area contributed by atoms with Crippen LogP contribution in [0.2, 0.25) is 0 Å². The maximum absolute atomic E-state index is 10.8. The van der Waals surface area contributed by atoms with Gasteiger partial charge in [-0.1, -0.05) is 12.1 Å². The Hall–Kier alpha value is -0.740. The van der Waals surface area contributed by atoms with Gasteiger partial charge in [0.1, 0.15) is 5.75 Å². The van der Waals surface area contributed by atoms with Crippen molar-refractivity contribution in [1.82, 2.24) is 0 Å². The van der Waals surface area contributed by atoms with Crippen molar-refractivity contribution in [2.75, 3.05) is 12.9 Å². The summed E-state index contributed by atoms with van der Waals surface area (Å²) in [5.41, 5.74) is 1.90. The molecule has 15 heavy (non-hydrogen) atoms. The fourth-order valence-electron chi connectivity index (χ4n) is 1.41. The summed E-state index contributed by atoms with van der Waals surface area (Å²) < 4.78 is 26.8. The molecule has 0 N–H and O–H groups in total. The molecule has 0 bridgehead atoms. The van der Waals surface area contributed by atoms with Gasteiger partial charge in [-0.05, 0) is 30.5 Å². The largest absolute Gasteiger partial charge is 0.496 e. The predicted molar refractivity (Wildman–Crippen MR) is 61.1 cm³/mol. The molecule has 0 unspecified atom stereocenters. The molecule has 0 spiro atoms. The average Bonchev–Trinajstić information content (AvgIpc) is 2.14.